The number of carbonyl (C=O) groups excluding carboxylic acids is 2. The molecule has 1 saturated heterocycles. The summed E-state index contributed by atoms with van der Waals surface area (Å²) in [4.78, 5) is 26.3. The topological polar surface area (TPSA) is 87.1 Å². The van der Waals surface area contributed by atoms with Gasteiger partial charge in [0.15, 0.2) is 11.5 Å². The first-order chi connectivity index (χ1) is 11.5. The van der Waals surface area contributed by atoms with Gasteiger partial charge in [-0.1, -0.05) is 19.3 Å². The number of hydrogen-bond donors (Lipinski definition) is 2. The van der Waals surface area contributed by atoms with E-state index in [0.29, 0.717) is 11.1 Å². The van der Waals surface area contributed by atoms with Crippen LogP contribution in [0.4, 0.5) is 0 Å². The van der Waals surface area contributed by atoms with Crippen molar-refractivity contribution in [3.8, 4) is 17.2 Å². The Balaban J connectivity index is 1.87. The van der Waals surface area contributed by atoms with E-state index in [1.165, 1.54) is 24.1 Å². The fraction of sp³-hybridized carbons (Fsp3) is 0.444. The summed E-state index contributed by atoms with van der Waals surface area (Å²) in [5.41, 5.74) is 0.904. The Labute approximate surface area is 140 Å². The average molecular weight is 331 g/mol. The predicted molar refractivity (Wildman–Crippen MR) is 87.6 cm³/mol. The first kappa shape index (κ1) is 16.4. The van der Waals surface area contributed by atoms with Crippen molar-refractivity contribution in [2.75, 3.05) is 7.11 Å². The molecule has 128 valence electrons. The van der Waals surface area contributed by atoms with Crippen LogP contribution < -0.4 is 4.74 Å². The summed E-state index contributed by atoms with van der Waals surface area (Å²) in [6.45, 7) is 0. The van der Waals surface area contributed by atoms with Crippen LogP contribution in [0.15, 0.2) is 17.7 Å². The molecule has 1 heterocycles. The van der Waals surface area contributed by atoms with Crippen LogP contribution >= 0.6 is 0 Å². The van der Waals surface area contributed by atoms with Crippen molar-refractivity contribution in [1.29, 1.82) is 0 Å². The molecule has 0 spiro atoms. The highest BCUT2D eigenvalue weighted by Gasteiger charge is 2.38. The van der Waals surface area contributed by atoms with E-state index in [0.717, 1.165) is 32.1 Å². The molecule has 1 aromatic carbocycles. The number of methoxy groups -OCH3 is 1. The lowest BCUT2D eigenvalue weighted by Gasteiger charge is -2.29. The molecule has 0 aromatic heterocycles. The number of nitrogens with zero attached hydrogens (tertiary/aromatic N) is 1. The van der Waals surface area contributed by atoms with E-state index in [9.17, 15) is 19.8 Å². The Bertz CT molecular complexity index is 704. The van der Waals surface area contributed by atoms with Crippen LogP contribution in [0.5, 0.6) is 17.2 Å². The molecule has 2 amide bonds. The number of phenolic OH excluding ortho intramolecular Hbond substituents is 2. The largest absolute Gasteiger partial charge is 0.504 e. The second-order valence-corrected chi connectivity index (χ2v) is 6.30. The zero-order valence-electron chi connectivity index (χ0n) is 13.6. The highest BCUT2D eigenvalue weighted by atomic mass is 16.5. The molecule has 2 aliphatic rings. The van der Waals surface area contributed by atoms with Crippen molar-refractivity contribution in [3.05, 3.63) is 23.3 Å². The number of carbonyl (C=O) groups is 2. The third-order valence-corrected chi connectivity index (χ3v) is 4.68. The summed E-state index contributed by atoms with van der Waals surface area (Å²) in [5, 5.41) is 19.4. The maximum absolute atomic E-state index is 12.6. The number of rotatable bonds is 3. The molecular formula is C18H21NO5. The Morgan fingerprint density at radius 2 is 1.88 bits per heavy atom. The molecule has 2 fully saturated rings. The molecule has 6 nitrogen and oxygen atoms in total. The number of amides is 2. The molecule has 0 atom stereocenters. The Kier molecular flexibility index (Phi) is 4.46. The number of hydrogen-bond acceptors (Lipinski definition) is 5. The zero-order valence-corrected chi connectivity index (χ0v) is 13.6. The van der Waals surface area contributed by atoms with Crippen molar-refractivity contribution in [3.63, 3.8) is 0 Å². The van der Waals surface area contributed by atoms with Crippen LogP contribution in [0.3, 0.4) is 0 Å². The zero-order chi connectivity index (χ0) is 17.3. The predicted octanol–water partition coefficient (Wildman–Crippen LogP) is 2.58. The summed E-state index contributed by atoms with van der Waals surface area (Å²) in [6, 6.07) is 2.86. The van der Waals surface area contributed by atoms with E-state index in [1.807, 2.05) is 0 Å². The van der Waals surface area contributed by atoms with Crippen molar-refractivity contribution < 1.29 is 24.5 Å². The highest BCUT2D eigenvalue weighted by molar-refractivity contribution is 6.15. The van der Waals surface area contributed by atoms with Crippen molar-refractivity contribution in [2.24, 2.45) is 0 Å². The van der Waals surface area contributed by atoms with Gasteiger partial charge in [0, 0.05) is 11.6 Å². The smallest absolute Gasteiger partial charge is 0.257 e. The molecule has 2 N–H and O–H groups in total. The van der Waals surface area contributed by atoms with E-state index in [1.54, 1.807) is 6.08 Å². The number of aromatic hydroxyl groups is 2. The number of imide groups is 1. The van der Waals surface area contributed by atoms with Gasteiger partial charge >= 0.3 is 0 Å². The minimum atomic E-state index is -0.350. The van der Waals surface area contributed by atoms with E-state index in [4.69, 9.17) is 4.74 Å². The summed E-state index contributed by atoms with van der Waals surface area (Å²) in [6.07, 6.45) is 6.64. The number of likely N-dealkylation sites (tertiary alicyclic amines) is 1. The standard InChI is InChI=1S/C18H21NO5/c1-24-15-9-11(8-14(20)17(15)22)7-12-10-16(21)19(18(12)23)13-5-3-2-4-6-13/h7-9,13,20,22H,2-6,10H2,1H3. The lowest BCUT2D eigenvalue weighted by molar-refractivity contribution is -0.141. The maximum Gasteiger partial charge on any atom is 0.257 e. The van der Waals surface area contributed by atoms with Crippen LogP contribution in [0.2, 0.25) is 0 Å². The maximum atomic E-state index is 12.6. The second kappa shape index (κ2) is 6.55. The van der Waals surface area contributed by atoms with Crippen LogP contribution in [-0.4, -0.2) is 40.1 Å². The average Bonchev–Trinajstić information content (AvgIpc) is 2.85. The molecule has 0 radical (unpaired) electrons. The van der Waals surface area contributed by atoms with Crippen molar-refractivity contribution >= 4 is 17.9 Å². The normalized spacial score (nSPS) is 20.9. The highest BCUT2D eigenvalue weighted by Crippen LogP contribution is 2.37. The Morgan fingerprint density at radius 1 is 1.17 bits per heavy atom. The van der Waals surface area contributed by atoms with Gasteiger partial charge in [0.25, 0.3) is 5.91 Å². The Morgan fingerprint density at radius 3 is 2.54 bits per heavy atom. The Hall–Kier alpha value is -2.50. The van der Waals surface area contributed by atoms with Gasteiger partial charge in [-0.3, -0.25) is 14.5 Å². The fourth-order valence-corrected chi connectivity index (χ4v) is 3.47. The first-order valence-electron chi connectivity index (χ1n) is 8.18. The van der Waals surface area contributed by atoms with Crippen molar-refractivity contribution in [2.45, 2.75) is 44.6 Å². The summed E-state index contributed by atoms with van der Waals surface area (Å²) < 4.78 is 4.99. The van der Waals surface area contributed by atoms with E-state index >= 15 is 0 Å². The molecule has 1 aromatic rings. The number of benzene rings is 1. The van der Waals surface area contributed by atoms with E-state index in [-0.39, 0.29) is 41.5 Å². The van der Waals surface area contributed by atoms with Gasteiger partial charge in [0.2, 0.25) is 11.7 Å². The fourth-order valence-electron chi connectivity index (χ4n) is 3.47. The van der Waals surface area contributed by atoms with Crippen LogP contribution in [0, 0.1) is 0 Å². The lowest BCUT2D eigenvalue weighted by Crippen LogP contribution is -2.40. The van der Waals surface area contributed by atoms with Gasteiger partial charge in [0.05, 0.1) is 13.5 Å². The van der Waals surface area contributed by atoms with Crippen LogP contribution in [0.25, 0.3) is 6.08 Å². The molecule has 3 rings (SSSR count). The molecule has 24 heavy (non-hydrogen) atoms. The minimum absolute atomic E-state index is 0.00686. The first-order valence-corrected chi connectivity index (χ1v) is 8.18. The van der Waals surface area contributed by atoms with Gasteiger partial charge in [-0.15, -0.1) is 0 Å². The molecule has 0 unspecified atom stereocenters. The third kappa shape index (κ3) is 2.96. The monoisotopic (exact) mass is 331 g/mol. The van der Waals surface area contributed by atoms with Gasteiger partial charge < -0.3 is 14.9 Å². The van der Waals surface area contributed by atoms with Crippen molar-refractivity contribution in [1.82, 2.24) is 4.90 Å². The minimum Gasteiger partial charge on any atom is -0.504 e. The summed E-state index contributed by atoms with van der Waals surface area (Å²) in [7, 11) is 1.38. The molecule has 1 saturated carbocycles. The number of ether oxygens (including phenoxy) is 1. The molecule has 1 aliphatic carbocycles. The third-order valence-electron chi connectivity index (χ3n) is 4.68. The lowest BCUT2D eigenvalue weighted by atomic mass is 9.94. The molecular weight excluding hydrogens is 310 g/mol. The van der Waals surface area contributed by atoms with Gasteiger partial charge in [-0.05, 0) is 36.6 Å². The number of phenols is 2. The van der Waals surface area contributed by atoms with Gasteiger partial charge in [-0.25, -0.2) is 0 Å². The van der Waals surface area contributed by atoms with E-state index < -0.39 is 0 Å². The van der Waals surface area contributed by atoms with Gasteiger partial charge in [0.1, 0.15) is 0 Å². The second-order valence-electron chi connectivity index (χ2n) is 6.30. The SMILES string of the molecule is COc1cc(C=C2CC(=O)N(C3CCCCC3)C2=O)cc(O)c1O. The van der Waals surface area contributed by atoms with Crippen LogP contribution in [-0.2, 0) is 9.59 Å². The summed E-state index contributed by atoms with van der Waals surface area (Å²) in [5.74, 6) is -0.978. The van der Waals surface area contributed by atoms with E-state index in [2.05, 4.69) is 0 Å². The molecule has 0 bridgehead atoms. The van der Waals surface area contributed by atoms with Crippen LogP contribution in [0.1, 0.15) is 44.1 Å². The summed E-state index contributed by atoms with van der Waals surface area (Å²) >= 11 is 0. The molecule has 6 heteroatoms. The van der Waals surface area contributed by atoms with Gasteiger partial charge in [-0.2, -0.15) is 0 Å². The molecule has 1 aliphatic heterocycles. The quantitative estimate of drug-likeness (QED) is 0.505.